The Labute approximate surface area is 168 Å². The van der Waals surface area contributed by atoms with Crippen LogP contribution in [0.5, 0.6) is 0 Å². The summed E-state index contributed by atoms with van der Waals surface area (Å²) in [7, 11) is 0. The van der Waals surface area contributed by atoms with Gasteiger partial charge in [-0.2, -0.15) is 0 Å². The van der Waals surface area contributed by atoms with Crippen LogP contribution in [0.4, 0.5) is 11.5 Å². The number of aromatic nitrogens is 1. The number of rotatable bonds is 5. The molecule has 0 bridgehead atoms. The number of carbonyl (C=O) groups is 2. The largest absolute Gasteiger partial charge is 0.462 e. The first kappa shape index (κ1) is 20.2. The molecule has 1 amide bonds. The first-order valence-electron chi connectivity index (χ1n) is 9.33. The molecule has 152 valence electrons. The number of hydrogen-bond donors (Lipinski definition) is 0. The Balaban J connectivity index is 1.65. The maximum atomic E-state index is 12.8. The van der Waals surface area contributed by atoms with Crippen LogP contribution in [-0.4, -0.2) is 59.5 Å². The molecule has 9 nitrogen and oxygen atoms in total. The third-order valence-corrected chi connectivity index (χ3v) is 4.88. The number of esters is 1. The highest BCUT2D eigenvalue weighted by Crippen LogP contribution is 2.23. The van der Waals surface area contributed by atoms with Gasteiger partial charge in [-0.05, 0) is 32.0 Å². The van der Waals surface area contributed by atoms with Gasteiger partial charge in [0.1, 0.15) is 5.82 Å². The number of amides is 1. The average molecular weight is 398 g/mol. The van der Waals surface area contributed by atoms with E-state index >= 15 is 0 Å². The van der Waals surface area contributed by atoms with Gasteiger partial charge in [-0.3, -0.25) is 14.9 Å². The third-order valence-electron chi connectivity index (χ3n) is 4.88. The van der Waals surface area contributed by atoms with Gasteiger partial charge in [-0.25, -0.2) is 9.78 Å². The second-order valence-corrected chi connectivity index (χ2v) is 6.61. The zero-order chi connectivity index (χ0) is 21.0. The van der Waals surface area contributed by atoms with Crippen LogP contribution < -0.4 is 4.90 Å². The van der Waals surface area contributed by atoms with Crippen LogP contribution in [0.15, 0.2) is 36.5 Å². The number of hydrogen-bond acceptors (Lipinski definition) is 7. The number of nitro benzene ring substituents is 1. The topological polar surface area (TPSA) is 106 Å². The molecule has 29 heavy (non-hydrogen) atoms. The molecule has 1 aromatic carbocycles. The van der Waals surface area contributed by atoms with Crippen molar-refractivity contribution in [1.29, 1.82) is 0 Å². The Morgan fingerprint density at radius 3 is 2.48 bits per heavy atom. The molecule has 0 radical (unpaired) electrons. The lowest BCUT2D eigenvalue weighted by Crippen LogP contribution is -2.49. The van der Waals surface area contributed by atoms with E-state index in [1.165, 1.54) is 18.3 Å². The molecule has 1 aliphatic heterocycles. The summed E-state index contributed by atoms with van der Waals surface area (Å²) in [5.41, 5.74) is 1.07. The van der Waals surface area contributed by atoms with Crippen molar-refractivity contribution in [3.8, 4) is 0 Å². The summed E-state index contributed by atoms with van der Waals surface area (Å²) in [6.07, 6.45) is 1.48. The maximum Gasteiger partial charge on any atom is 0.339 e. The molecule has 2 aromatic rings. The standard InChI is InChI=1S/C20H22N4O5/c1-3-29-20(26)15-7-8-18(21-13-15)22-9-11-23(12-10-22)19(25)16-5-4-6-17(14(16)2)24(27)28/h4-8,13H,3,9-12H2,1-2H3. The van der Waals surface area contributed by atoms with Gasteiger partial charge in [0.05, 0.1) is 17.1 Å². The number of ether oxygens (including phenoxy) is 1. The molecule has 1 aliphatic rings. The second kappa shape index (κ2) is 8.68. The third kappa shape index (κ3) is 4.34. The summed E-state index contributed by atoms with van der Waals surface area (Å²) >= 11 is 0. The van der Waals surface area contributed by atoms with Crippen LogP contribution in [0.25, 0.3) is 0 Å². The zero-order valence-electron chi connectivity index (χ0n) is 16.3. The second-order valence-electron chi connectivity index (χ2n) is 6.61. The van der Waals surface area contributed by atoms with E-state index in [0.29, 0.717) is 49.5 Å². The van der Waals surface area contributed by atoms with Gasteiger partial charge in [0.2, 0.25) is 0 Å². The predicted molar refractivity (Wildman–Crippen MR) is 106 cm³/mol. The maximum absolute atomic E-state index is 12.8. The fraction of sp³-hybridized carbons (Fsp3) is 0.350. The molecule has 0 atom stereocenters. The minimum absolute atomic E-state index is 0.0552. The smallest absolute Gasteiger partial charge is 0.339 e. The van der Waals surface area contributed by atoms with Gasteiger partial charge in [0.15, 0.2) is 0 Å². The van der Waals surface area contributed by atoms with Gasteiger partial charge >= 0.3 is 5.97 Å². The Hall–Kier alpha value is -3.49. The average Bonchev–Trinajstić information content (AvgIpc) is 2.73. The minimum atomic E-state index is -0.477. The lowest BCUT2D eigenvalue weighted by Gasteiger charge is -2.35. The molecule has 2 heterocycles. The molecule has 0 aliphatic carbocycles. The van der Waals surface area contributed by atoms with Crippen molar-refractivity contribution >= 4 is 23.4 Å². The van der Waals surface area contributed by atoms with Gasteiger partial charge in [0.25, 0.3) is 11.6 Å². The lowest BCUT2D eigenvalue weighted by atomic mass is 10.1. The number of nitro groups is 1. The molecule has 1 saturated heterocycles. The van der Waals surface area contributed by atoms with Crippen molar-refractivity contribution in [1.82, 2.24) is 9.88 Å². The first-order chi connectivity index (χ1) is 13.9. The van der Waals surface area contributed by atoms with Crippen molar-refractivity contribution in [2.24, 2.45) is 0 Å². The van der Waals surface area contributed by atoms with E-state index in [2.05, 4.69) is 4.98 Å². The van der Waals surface area contributed by atoms with E-state index in [1.54, 1.807) is 36.9 Å². The number of benzene rings is 1. The molecule has 1 aromatic heterocycles. The minimum Gasteiger partial charge on any atom is -0.462 e. The van der Waals surface area contributed by atoms with Crippen molar-refractivity contribution in [2.45, 2.75) is 13.8 Å². The number of pyridine rings is 1. The van der Waals surface area contributed by atoms with Crippen molar-refractivity contribution < 1.29 is 19.2 Å². The van der Waals surface area contributed by atoms with E-state index in [1.807, 2.05) is 4.90 Å². The summed E-state index contributed by atoms with van der Waals surface area (Å²) in [5.74, 6) is 0.0995. The predicted octanol–water partition coefficient (Wildman–Crippen LogP) is 2.44. The van der Waals surface area contributed by atoms with Crippen molar-refractivity contribution in [3.05, 3.63) is 63.3 Å². The Bertz CT molecular complexity index is 921. The highest BCUT2D eigenvalue weighted by atomic mass is 16.6. The fourth-order valence-electron chi connectivity index (χ4n) is 3.27. The van der Waals surface area contributed by atoms with Crippen LogP contribution in [0.2, 0.25) is 0 Å². The number of piperazine rings is 1. The molecule has 3 rings (SSSR count). The van der Waals surface area contributed by atoms with Gasteiger partial charge in [-0.15, -0.1) is 0 Å². The van der Waals surface area contributed by atoms with Crippen LogP contribution in [0.1, 0.15) is 33.2 Å². The quantitative estimate of drug-likeness (QED) is 0.433. The fourth-order valence-corrected chi connectivity index (χ4v) is 3.27. The van der Waals surface area contributed by atoms with E-state index in [9.17, 15) is 19.7 Å². The highest BCUT2D eigenvalue weighted by molar-refractivity contribution is 5.96. The molecule has 1 fully saturated rings. The van der Waals surface area contributed by atoms with Crippen LogP contribution in [0, 0.1) is 17.0 Å². The van der Waals surface area contributed by atoms with Gasteiger partial charge < -0.3 is 14.5 Å². The molecule has 9 heteroatoms. The van der Waals surface area contributed by atoms with E-state index in [4.69, 9.17) is 4.74 Å². The molecular formula is C20H22N4O5. The van der Waals surface area contributed by atoms with Crippen LogP contribution >= 0.6 is 0 Å². The molecule has 0 N–H and O–H groups in total. The first-order valence-corrected chi connectivity index (χ1v) is 9.33. The summed E-state index contributed by atoms with van der Waals surface area (Å²) in [6.45, 7) is 5.74. The Morgan fingerprint density at radius 1 is 1.17 bits per heavy atom. The van der Waals surface area contributed by atoms with E-state index in [0.717, 1.165) is 5.82 Å². The van der Waals surface area contributed by atoms with E-state index in [-0.39, 0.29) is 11.6 Å². The summed E-state index contributed by atoms with van der Waals surface area (Å²) < 4.78 is 4.95. The SMILES string of the molecule is CCOC(=O)c1ccc(N2CCN(C(=O)c3cccc([N+](=O)[O-])c3C)CC2)nc1. The lowest BCUT2D eigenvalue weighted by molar-refractivity contribution is -0.385. The monoisotopic (exact) mass is 398 g/mol. The number of nitrogens with zero attached hydrogens (tertiary/aromatic N) is 4. The Kier molecular flexibility index (Phi) is 6.06. The molecule has 0 unspecified atom stereocenters. The van der Waals surface area contributed by atoms with Crippen molar-refractivity contribution in [2.75, 3.05) is 37.7 Å². The molecule has 0 spiro atoms. The van der Waals surface area contributed by atoms with Crippen molar-refractivity contribution in [3.63, 3.8) is 0 Å². The molecular weight excluding hydrogens is 376 g/mol. The van der Waals surface area contributed by atoms with Gasteiger partial charge in [-0.1, -0.05) is 6.07 Å². The van der Waals surface area contributed by atoms with Crippen LogP contribution in [-0.2, 0) is 4.74 Å². The van der Waals surface area contributed by atoms with Gasteiger partial charge in [0, 0.05) is 49.6 Å². The number of anilines is 1. The highest BCUT2D eigenvalue weighted by Gasteiger charge is 2.26. The zero-order valence-corrected chi connectivity index (χ0v) is 16.3. The summed E-state index contributed by atoms with van der Waals surface area (Å²) in [6, 6.07) is 7.98. The normalized spacial score (nSPS) is 13.9. The summed E-state index contributed by atoms with van der Waals surface area (Å²) in [5, 5.41) is 11.1. The van der Waals surface area contributed by atoms with E-state index < -0.39 is 10.9 Å². The number of carbonyl (C=O) groups excluding carboxylic acids is 2. The molecule has 0 saturated carbocycles. The Morgan fingerprint density at radius 2 is 1.90 bits per heavy atom. The van der Waals surface area contributed by atoms with Crippen LogP contribution in [0.3, 0.4) is 0 Å². The summed E-state index contributed by atoms with van der Waals surface area (Å²) in [4.78, 5) is 43.2.